The smallest absolute Gasteiger partial charge is 0.223 e. The van der Waals surface area contributed by atoms with Crippen LogP contribution >= 0.6 is 0 Å². The highest BCUT2D eigenvalue weighted by atomic mass is 19.1. The molecular formula is C15H22FNO2. The van der Waals surface area contributed by atoms with Crippen molar-refractivity contribution in [1.29, 1.82) is 0 Å². The second-order valence-electron chi connectivity index (χ2n) is 4.99. The van der Waals surface area contributed by atoms with Crippen molar-refractivity contribution in [2.24, 2.45) is 11.8 Å². The SMILES string of the molecule is CCC(C)C(C)C(=O)NCC(O)c1ccc(F)cc1. The van der Waals surface area contributed by atoms with Gasteiger partial charge in [-0.2, -0.15) is 0 Å². The highest BCUT2D eigenvalue weighted by Gasteiger charge is 2.19. The Labute approximate surface area is 113 Å². The fourth-order valence-electron chi connectivity index (χ4n) is 1.77. The Morgan fingerprint density at radius 3 is 2.42 bits per heavy atom. The highest BCUT2D eigenvalue weighted by Crippen LogP contribution is 2.16. The first-order valence-corrected chi connectivity index (χ1v) is 6.67. The first-order chi connectivity index (χ1) is 8.95. The van der Waals surface area contributed by atoms with Crippen LogP contribution in [0.15, 0.2) is 24.3 Å². The van der Waals surface area contributed by atoms with Gasteiger partial charge in [0.05, 0.1) is 6.10 Å². The molecule has 0 bridgehead atoms. The Balaban J connectivity index is 2.48. The number of nitrogens with one attached hydrogen (secondary N) is 1. The van der Waals surface area contributed by atoms with E-state index in [1.807, 2.05) is 20.8 Å². The summed E-state index contributed by atoms with van der Waals surface area (Å²) in [5, 5.41) is 12.6. The van der Waals surface area contributed by atoms with Crippen molar-refractivity contribution in [3.8, 4) is 0 Å². The van der Waals surface area contributed by atoms with Gasteiger partial charge >= 0.3 is 0 Å². The summed E-state index contributed by atoms with van der Waals surface area (Å²) in [6.45, 7) is 6.10. The van der Waals surface area contributed by atoms with Gasteiger partial charge in [-0.15, -0.1) is 0 Å². The molecular weight excluding hydrogens is 245 g/mol. The molecule has 2 N–H and O–H groups in total. The van der Waals surface area contributed by atoms with Crippen LogP contribution in [-0.4, -0.2) is 17.6 Å². The minimum absolute atomic E-state index is 0.0597. The van der Waals surface area contributed by atoms with Crippen molar-refractivity contribution in [3.05, 3.63) is 35.6 Å². The van der Waals surface area contributed by atoms with E-state index < -0.39 is 6.10 Å². The van der Waals surface area contributed by atoms with Gasteiger partial charge in [0.1, 0.15) is 5.82 Å². The molecule has 0 aromatic heterocycles. The number of carbonyl (C=O) groups excluding carboxylic acids is 1. The average molecular weight is 267 g/mol. The zero-order valence-electron chi connectivity index (χ0n) is 11.7. The lowest BCUT2D eigenvalue weighted by Crippen LogP contribution is -2.35. The molecule has 1 rings (SSSR count). The molecule has 1 aromatic carbocycles. The topological polar surface area (TPSA) is 49.3 Å². The maximum atomic E-state index is 12.7. The van der Waals surface area contributed by atoms with E-state index in [0.717, 1.165) is 6.42 Å². The van der Waals surface area contributed by atoms with E-state index in [0.29, 0.717) is 11.5 Å². The molecule has 0 aliphatic heterocycles. The molecule has 3 atom stereocenters. The first kappa shape index (κ1) is 15.6. The second-order valence-corrected chi connectivity index (χ2v) is 4.99. The molecule has 0 fully saturated rings. The molecule has 1 amide bonds. The Kier molecular flexibility index (Phi) is 5.96. The van der Waals surface area contributed by atoms with Gasteiger partial charge in [0.2, 0.25) is 5.91 Å². The van der Waals surface area contributed by atoms with Crippen molar-refractivity contribution in [3.63, 3.8) is 0 Å². The molecule has 0 saturated heterocycles. The molecule has 1 aromatic rings. The number of amides is 1. The Morgan fingerprint density at radius 1 is 1.32 bits per heavy atom. The zero-order valence-corrected chi connectivity index (χ0v) is 11.7. The number of hydrogen-bond acceptors (Lipinski definition) is 2. The summed E-state index contributed by atoms with van der Waals surface area (Å²) in [5.41, 5.74) is 0.595. The molecule has 0 radical (unpaired) electrons. The quantitative estimate of drug-likeness (QED) is 0.832. The van der Waals surface area contributed by atoms with Gasteiger partial charge in [0.25, 0.3) is 0 Å². The number of benzene rings is 1. The van der Waals surface area contributed by atoms with Crippen molar-refractivity contribution >= 4 is 5.91 Å². The number of aliphatic hydroxyl groups is 1. The average Bonchev–Trinajstić information content (AvgIpc) is 2.43. The molecule has 0 heterocycles. The number of aliphatic hydroxyl groups excluding tert-OH is 1. The van der Waals surface area contributed by atoms with Gasteiger partial charge in [-0.25, -0.2) is 4.39 Å². The number of carbonyl (C=O) groups is 1. The molecule has 0 aliphatic rings. The van der Waals surface area contributed by atoms with Crippen molar-refractivity contribution in [2.75, 3.05) is 6.54 Å². The lowest BCUT2D eigenvalue weighted by molar-refractivity contribution is -0.126. The molecule has 19 heavy (non-hydrogen) atoms. The van der Waals surface area contributed by atoms with Gasteiger partial charge in [-0.1, -0.05) is 39.3 Å². The fraction of sp³-hybridized carbons (Fsp3) is 0.533. The predicted octanol–water partition coefficient (Wildman–Crippen LogP) is 2.66. The van der Waals surface area contributed by atoms with Crippen LogP contribution in [0.25, 0.3) is 0 Å². The standard InChI is InChI=1S/C15H22FNO2/c1-4-10(2)11(3)15(19)17-9-14(18)12-5-7-13(16)8-6-12/h5-8,10-11,14,18H,4,9H2,1-3H3,(H,17,19). The lowest BCUT2D eigenvalue weighted by atomic mass is 9.93. The molecule has 3 nitrogen and oxygen atoms in total. The van der Waals surface area contributed by atoms with Crippen LogP contribution < -0.4 is 5.32 Å². The van der Waals surface area contributed by atoms with Crippen molar-refractivity contribution in [1.82, 2.24) is 5.32 Å². The molecule has 0 spiro atoms. The van der Waals surface area contributed by atoms with E-state index in [9.17, 15) is 14.3 Å². The van der Waals surface area contributed by atoms with Gasteiger partial charge in [0, 0.05) is 12.5 Å². The van der Waals surface area contributed by atoms with Crippen LogP contribution in [0.4, 0.5) is 4.39 Å². The summed E-state index contributed by atoms with van der Waals surface area (Å²) in [6, 6.07) is 5.62. The van der Waals surface area contributed by atoms with Crippen LogP contribution in [0.2, 0.25) is 0 Å². The number of rotatable bonds is 6. The van der Waals surface area contributed by atoms with E-state index in [-0.39, 0.29) is 24.2 Å². The lowest BCUT2D eigenvalue weighted by Gasteiger charge is -2.19. The maximum Gasteiger partial charge on any atom is 0.223 e. The predicted molar refractivity (Wildman–Crippen MR) is 73.0 cm³/mol. The number of hydrogen-bond donors (Lipinski definition) is 2. The normalized spacial score (nSPS) is 15.6. The van der Waals surface area contributed by atoms with E-state index in [1.165, 1.54) is 24.3 Å². The Hall–Kier alpha value is -1.42. The Bertz CT molecular complexity index is 405. The summed E-state index contributed by atoms with van der Waals surface area (Å²) in [5.74, 6) is -0.172. The van der Waals surface area contributed by atoms with E-state index in [4.69, 9.17) is 0 Å². The van der Waals surface area contributed by atoms with Crippen molar-refractivity contribution in [2.45, 2.75) is 33.3 Å². The van der Waals surface area contributed by atoms with Gasteiger partial charge in [0.15, 0.2) is 0 Å². The first-order valence-electron chi connectivity index (χ1n) is 6.67. The molecule has 0 saturated carbocycles. The van der Waals surface area contributed by atoms with Gasteiger partial charge in [-0.05, 0) is 23.6 Å². The summed E-state index contributed by atoms with van der Waals surface area (Å²) in [7, 11) is 0. The maximum absolute atomic E-state index is 12.7. The summed E-state index contributed by atoms with van der Waals surface area (Å²) in [6.07, 6.45) is 0.128. The van der Waals surface area contributed by atoms with Crippen LogP contribution in [0.1, 0.15) is 38.9 Å². The molecule has 4 heteroatoms. The van der Waals surface area contributed by atoms with Crippen LogP contribution in [-0.2, 0) is 4.79 Å². The minimum atomic E-state index is -0.811. The highest BCUT2D eigenvalue weighted by molar-refractivity contribution is 5.78. The summed E-state index contributed by atoms with van der Waals surface area (Å²) < 4.78 is 12.7. The summed E-state index contributed by atoms with van der Waals surface area (Å²) in [4.78, 5) is 11.9. The monoisotopic (exact) mass is 267 g/mol. The van der Waals surface area contributed by atoms with E-state index in [2.05, 4.69) is 5.32 Å². The van der Waals surface area contributed by atoms with Crippen molar-refractivity contribution < 1.29 is 14.3 Å². The molecule has 106 valence electrons. The van der Waals surface area contributed by atoms with Gasteiger partial charge < -0.3 is 10.4 Å². The summed E-state index contributed by atoms with van der Waals surface area (Å²) >= 11 is 0. The molecule has 3 unspecified atom stereocenters. The van der Waals surface area contributed by atoms with Crippen LogP contribution in [0, 0.1) is 17.7 Å². The third-order valence-electron chi connectivity index (χ3n) is 3.64. The fourth-order valence-corrected chi connectivity index (χ4v) is 1.77. The zero-order chi connectivity index (χ0) is 14.4. The van der Waals surface area contributed by atoms with Crippen LogP contribution in [0.5, 0.6) is 0 Å². The third kappa shape index (κ3) is 4.63. The van der Waals surface area contributed by atoms with Crippen LogP contribution in [0.3, 0.4) is 0 Å². The third-order valence-corrected chi connectivity index (χ3v) is 3.64. The second kappa shape index (κ2) is 7.24. The molecule has 0 aliphatic carbocycles. The largest absolute Gasteiger partial charge is 0.387 e. The van der Waals surface area contributed by atoms with E-state index in [1.54, 1.807) is 0 Å². The minimum Gasteiger partial charge on any atom is -0.387 e. The van der Waals surface area contributed by atoms with E-state index >= 15 is 0 Å². The number of halogens is 1. The van der Waals surface area contributed by atoms with Gasteiger partial charge in [-0.3, -0.25) is 4.79 Å². The Morgan fingerprint density at radius 2 is 1.89 bits per heavy atom.